The van der Waals surface area contributed by atoms with Gasteiger partial charge < -0.3 is 5.73 Å². The molecule has 1 aromatic rings. The molecular formula is C17H24N2. The van der Waals surface area contributed by atoms with Crippen molar-refractivity contribution in [3.8, 4) is 11.8 Å². The van der Waals surface area contributed by atoms with Crippen LogP contribution in [-0.4, -0.2) is 24.0 Å². The summed E-state index contributed by atoms with van der Waals surface area (Å²) in [5.74, 6) is 6.89. The van der Waals surface area contributed by atoms with Crippen LogP contribution in [0.1, 0.15) is 37.8 Å². The summed E-state index contributed by atoms with van der Waals surface area (Å²) in [5.41, 5.74) is 7.79. The summed E-state index contributed by atoms with van der Waals surface area (Å²) in [6.45, 7) is 7.27. The maximum atomic E-state index is 5.38. The maximum Gasteiger partial charge on any atom is 0.0555 e. The highest BCUT2D eigenvalue weighted by molar-refractivity contribution is 5.36. The smallest absolute Gasteiger partial charge is 0.0555 e. The molecule has 0 unspecified atom stereocenters. The fraction of sp³-hybridized carbons (Fsp3) is 0.529. The highest BCUT2D eigenvalue weighted by Gasteiger charge is 2.25. The van der Waals surface area contributed by atoms with Crippen LogP contribution in [0.2, 0.25) is 0 Å². The Kier molecular flexibility index (Phi) is 5.01. The third-order valence-electron chi connectivity index (χ3n) is 3.59. The van der Waals surface area contributed by atoms with Crippen LogP contribution < -0.4 is 5.73 Å². The van der Waals surface area contributed by atoms with Gasteiger partial charge in [-0.3, -0.25) is 4.90 Å². The maximum absolute atomic E-state index is 5.38. The van der Waals surface area contributed by atoms with Gasteiger partial charge in [0.05, 0.1) is 6.54 Å². The van der Waals surface area contributed by atoms with Crippen molar-refractivity contribution in [3.63, 3.8) is 0 Å². The second kappa shape index (κ2) is 6.75. The lowest BCUT2D eigenvalue weighted by Gasteiger charge is -2.26. The molecule has 1 aliphatic rings. The Balaban J connectivity index is 1.96. The van der Waals surface area contributed by atoms with Crippen molar-refractivity contribution in [2.45, 2.75) is 39.3 Å². The molecule has 2 heteroatoms. The standard InChI is InChI=1S/C17H24N2/c1-14(2)19(13-17-9-10-17)12-16-7-5-15(6-8-16)4-3-11-18/h5-8,14,17H,9-13,18H2,1-2H3. The second-order valence-electron chi connectivity index (χ2n) is 5.67. The van der Waals surface area contributed by atoms with E-state index in [1.165, 1.54) is 24.9 Å². The first-order valence-electron chi connectivity index (χ1n) is 7.21. The molecule has 0 atom stereocenters. The van der Waals surface area contributed by atoms with Gasteiger partial charge >= 0.3 is 0 Å². The SMILES string of the molecule is CC(C)N(Cc1ccc(C#CCN)cc1)CC1CC1. The van der Waals surface area contributed by atoms with Crippen molar-refractivity contribution in [1.82, 2.24) is 4.90 Å². The Morgan fingerprint density at radius 3 is 2.47 bits per heavy atom. The van der Waals surface area contributed by atoms with Crippen molar-refractivity contribution in [2.24, 2.45) is 11.7 Å². The number of benzene rings is 1. The summed E-state index contributed by atoms with van der Waals surface area (Å²) in [6.07, 6.45) is 2.83. The Labute approximate surface area is 117 Å². The zero-order valence-electron chi connectivity index (χ0n) is 12.0. The highest BCUT2D eigenvalue weighted by atomic mass is 15.1. The van der Waals surface area contributed by atoms with Crippen LogP contribution in [0.15, 0.2) is 24.3 Å². The van der Waals surface area contributed by atoms with E-state index in [0.717, 1.165) is 18.0 Å². The number of nitrogens with zero attached hydrogens (tertiary/aromatic N) is 1. The van der Waals surface area contributed by atoms with Gasteiger partial charge in [0.15, 0.2) is 0 Å². The largest absolute Gasteiger partial charge is 0.320 e. The molecule has 0 radical (unpaired) electrons. The lowest BCUT2D eigenvalue weighted by atomic mass is 10.1. The van der Waals surface area contributed by atoms with Crippen molar-refractivity contribution in [2.75, 3.05) is 13.1 Å². The van der Waals surface area contributed by atoms with E-state index < -0.39 is 0 Å². The molecule has 2 N–H and O–H groups in total. The second-order valence-corrected chi connectivity index (χ2v) is 5.67. The van der Waals surface area contributed by atoms with E-state index in [2.05, 4.69) is 54.9 Å². The number of nitrogens with two attached hydrogens (primary N) is 1. The van der Waals surface area contributed by atoms with Crippen LogP contribution in [-0.2, 0) is 6.54 Å². The minimum atomic E-state index is 0.421. The third kappa shape index (κ3) is 4.70. The molecule has 0 saturated heterocycles. The van der Waals surface area contributed by atoms with Gasteiger partial charge in [-0.05, 0) is 50.3 Å². The first-order chi connectivity index (χ1) is 9.19. The number of hydrogen-bond donors (Lipinski definition) is 1. The zero-order valence-corrected chi connectivity index (χ0v) is 12.0. The molecular weight excluding hydrogens is 232 g/mol. The van der Waals surface area contributed by atoms with Gasteiger partial charge in [0, 0.05) is 24.7 Å². The van der Waals surface area contributed by atoms with Crippen LogP contribution >= 0.6 is 0 Å². The molecule has 0 aliphatic heterocycles. The first kappa shape index (κ1) is 14.1. The van der Waals surface area contributed by atoms with Crippen LogP contribution in [0.25, 0.3) is 0 Å². The molecule has 1 fully saturated rings. The minimum Gasteiger partial charge on any atom is -0.320 e. The van der Waals surface area contributed by atoms with Gasteiger partial charge in [-0.1, -0.05) is 24.0 Å². The molecule has 2 nitrogen and oxygen atoms in total. The molecule has 0 amide bonds. The predicted octanol–water partition coefficient (Wildman–Crippen LogP) is 2.62. The van der Waals surface area contributed by atoms with Gasteiger partial charge in [0.1, 0.15) is 0 Å². The summed E-state index contributed by atoms with van der Waals surface area (Å²) in [5, 5.41) is 0. The van der Waals surface area contributed by atoms with Gasteiger partial charge in [-0.15, -0.1) is 0 Å². The van der Waals surface area contributed by atoms with Crippen LogP contribution in [0.4, 0.5) is 0 Å². The third-order valence-corrected chi connectivity index (χ3v) is 3.59. The molecule has 0 bridgehead atoms. The molecule has 19 heavy (non-hydrogen) atoms. The predicted molar refractivity (Wildman–Crippen MR) is 80.6 cm³/mol. The molecule has 102 valence electrons. The van der Waals surface area contributed by atoms with Crippen molar-refractivity contribution in [3.05, 3.63) is 35.4 Å². The summed E-state index contributed by atoms with van der Waals surface area (Å²) in [6, 6.07) is 9.16. The van der Waals surface area contributed by atoms with E-state index in [1.54, 1.807) is 0 Å². The topological polar surface area (TPSA) is 29.3 Å². The molecule has 0 spiro atoms. The quantitative estimate of drug-likeness (QED) is 0.821. The number of hydrogen-bond acceptors (Lipinski definition) is 2. The Morgan fingerprint density at radius 1 is 1.26 bits per heavy atom. The average molecular weight is 256 g/mol. The van der Waals surface area contributed by atoms with E-state index >= 15 is 0 Å². The monoisotopic (exact) mass is 256 g/mol. The van der Waals surface area contributed by atoms with Gasteiger partial charge in [0.2, 0.25) is 0 Å². The van der Waals surface area contributed by atoms with E-state index in [4.69, 9.17) is 5.73 Å². The minimum absolute atomic E-state index is 0.421. The summed E-state index contributed by atoms with van der Waals surface area (Å²) in [4.78, 5) is 2.57. The van der Waals surface area contributed by atoms with E-state index in [0.29, 0.717) is 12.6 Å². The zero-order chi connectivity index (χ0) is 13.7. The fourth-order valence-corrected chi connectivity index (χ4v) is 2.17. The van der Waals surface area contributed by atoms with Crippen LogP contribution in [0, 0.1) is 17.8 Å². The van der Waals surface area contributed by atoms with Crippen LogP contribution in [0.5, 0.6) is 0 Å². The average Bonchev–Trinajstić information content (AvgIpc) is 3.21. The van der Waals surface area contributed by atoms with Crippen molar-refractivity contribution < 1.29 is 0 Å². The molecule has 1 aromatic carbocycles. The normalized spacial score (nSPS) is 14.6. The highest BCUT2D eigenvalue weighted by Crippen LogP contribution is 2.30. The Morgan fingerprint density at radius 2 is 1.95 bits per heavy atom. The van der Waals surface area contributed by atoms with Crippen molar-refractivity contribution >= 4 is 0 Å². The van der Waals surface area contributed by atoms with E-state index in [1.807, 2.05) is 0 Å². The molecule has 0 aromatic heterocycles. The Bertz CT molecular complexity index is 446. The summed E-state index contributed by atoms with van der Waals surface area (Å²) < 4.78 is 0. The fourth-order valence-electron chi connectivity index (χ4n) is 2.17. The first-order valence-corrected chi connectivity index (χ1v) is 7.21. The van der Waals surface area contributed by atoms with E-state index in [9.17, 15) is 0 Å². The lowest BCUT2D eigenvalue weighted by molar-refractivity contribution is 0.204. The van der Waals surface area contributed by atoms with E-state index in [-0.39, 0.29) is 0 Å². The number of rotatable bonds is 5. The molecule has 1 saturated carbocycles. The van der Waals surface area contributed by atoms with Crippen molar-refractivity contribution in [1.29, 1.82) is 0 Å². The summed E-state index contributed by atoms with van der Waals surface area (Å²) in [7, 11) is 0. The van der Waals surface area contributed by atoms with Crippen LogP contribution in [0.3, 0.4) is 0 Å². The molecule has 0 heterocycles. The van der Waals surface area contributed by atoms with Gasteiger partial charge in [-0.2, -0.15) is 0 Å². The summed E-state index contributed by atoms with van der Waals surface area (Å²) >= 11 is 0. The van der Waals surface area contributed by atoms with Gasteiger partial charge in [0.25, 0.3) is 0 Å². The van der Waals surface area contributed by atoms with Gasteiger partial charge in [-0.25, -0.2) is 0 Å². The molecule has 1 aliphatic carbocycles. The molecule has 2 rings (SSSR count). The Hall–Kier alpha value is -1.30. The lowest BCUT2D eigenvalue weighted by Crippen LogP contribution is -2.32.